The molecule has 1 amide bonds. The van der Waals surface area contributed by atoms with Crippen molar-refractivity contribution in [1.82, 2.24) is 10.2 Å². The number of nitrogens with zero attached hydrogens (tertiary/aromatic N) is 1. The van der Waals surface area contributed by atoms with Gasteiger partial charge in [-0.15, -0.1) is 0 Å². The Morgan fingerprint density at radius 2 is 2.33 bits per heavy atom. The van der Waals surface area contributed by atoms with E-state index in [1.807, 2.05) is 6.92 Å². The Labute approximate surface area is 110 Å². The van der Waals surface area contributed by atoms with Gasteiger partial charge in [-0.1, -0.05) is 6.42 Å². The lowest BCUT2D eigenvalue weighted by molar-refractivity contribution is -0.126. The van der Waals surface area contributed by atoms with Crippen LogP contribution in [0.1, 0.15) is 46.0 Å². The van der Waals surface area contributed by atoms with Crippen molar-refractivity contribution >= 4 is 5.91 Å². The first-order valence-electron chi connectivity index (χ1n) is 7.28. The number of hydrogen-bond donors (Lipinski definition) is 2. The van der Waals surface area contributed by atoms with Crippen molar-refractivity contribution in [3.8, 4) is 0 Å². The smallest absolute Gasteiger partial charge is 0.224 e. The molecular weight excluding hydrogens is 226 g/mol. The number of carbonyl (C=O) groups is 1. The van der Waals surface area contributed by atoms with Crippen LogP contribution >= 0.6 is 0 Å². The molecule has 18 heavy (non-hydrogen) atoms. The Balaban J connectivity index is 1.83. The number of primary amides is 1. The maximum atomic E-state index is 11.5. The molecule has 0 radical (unpaired) electrons. The van der Waals surface area contributed by atoms with Crippen LogP contribution in [-0.2, 0) is 4.79 Å². The number of carbonyl (C=O) groups excluding carboxylic acids is 1. The number of amides is 1. The summed E-state index contributed by atoms with van der Waals surface area (Å²) in [5.74, 6) is -0.145. The second kappa shape index (κ2) is 5.57. The molecule has 104 valence electrons. The minimum absolute atomic E-state index is 0.145. The molecule has 2 aliphatic heterocycles. The molecule has 3 atom stereocenters. The zero-order valence-electron chi connectivity index (χ0n) is 11.7. The number of likely N-dealkylation sites (tertiary alicyclic amines) is 1. The zero-order valence-corrected chi connectivity index (χ0v) is 11.7. The van der Waals surface area contributed by atoms with Crippen molar-refractivity contribution in [3.05, 3.63) is 0 Å². The lowest BCUT2D eigenvalue weighted by Gasteiger charge is -2.31. The Kier molecular flexibility index (Phi) is 4.28. The third-order valence-electron chi connectivity index (χ3n) is 4.76. The molecule has 3 N–H and O–H groups in total. The predicted molar refractivity (Wildman–Crippen MR) is 73.2 cm³/mol. The molecule has 0 aromatic heterocycles. The highest BCUT2D eigenvalue weighted by molar-refractivity contribution is 5.81. The van der Waals surface area contributed by atoms with Gasteiger partial charge in [-0.3, -0.25) is 9.69 Å². The molecule has 3 unspecified atom stereocenters. The SMILES string of the molecule is CC(CC1CCCCN1)N1CCC(C)(C(N)=O)C1. The Hall–Kier alpha value is -0.610. The lowest BCUT2D eigenvalue weighted by Crippen LogP contribution is -2.43. The van der Waals surface area contributed by atoms with Crippen LogP contribution in [-0.4, -0.2) is 42.5 Å². The van der Waals surface area contributed by atoms with Gasteiger partial charge in [0.05, 0.1) is 5.41 Å². The number of nitrogens with one attached hydrogen (secondary N) is 1. The summed E-state index contributed by atoms with van der Waals surface area (Å²) >= 11 is 0. The van der Waals surface area contributed by atoms with E-state index < -0.39 is 0 Å². The summed E-state index contributed by atoms with van der Waals surface area (Å²) in [5.41, 5.74) is 5.19. The van der Waals surface area contributed by atoms with Crippen LogP contribution in [0.5, 0.6) is 0 Å². The van der Waals surface area contributed by atoms with Gasteiger partial charge in [-0.05, 0) is 52.6 Å². The van der Waals surface area contributed by atoms with E-state index >= 15 is 0 Å². The standard InChI is InChI=1S/C14H27N3O/c1-11(9-12-5-3-4-7-16-12)17-8-6-14(2,10-17)13(15)18/h11-12,16H,3-10H2,1-2H3,(H2,15,18). The molecule has 4 nitrogen and oxygen atoms in total. The summed E-state index contributed by atoms with van der Waals surface area (Å²) in [6.45, 7) is 7.28. The Morgan fingerprint density at radius 3 is 2.89 bits per heavy atom. The molecule has 0 bridgehead atoms. The van der Waals surface area contributed by atoms with Crippen LogP contribution in [0.2, 0.25) is 0 Å². The van der Waals surface area contributed by atoms with Crippen molar-refractivity contribution in [2.75, 3.05) is 19.6 Å². The quantitative estimate of drug-likeness (QED) is 0.789. The van der Waals surface area contributed by atoms with E-state index in [-0.39, 0.29) is 11.3 Å². The number of nitrogens with two attached hydrogens (primary N) is 1. The van der Waals surface area contributed by atoms with Crippen molar-refractivity contribution < 1.29 is 4.79 Å². The summed E-state index contributed by atoms with van der Waals surface area (Å²) in [7, 11) is 0. The van der Waals surface area contributed by atoms with Crippen molar-refractivity contribution in [2.45, 2.75) is 58.0 Å². The molecule has 0 saturated carbocycles. The molecule has 2 fully saturated rings. The second-order valence-electron chi connectivity index (χ2n) is 6.38. The van der Waals surface area contributed by atoms with E-state index in [1.54, 1.807) is 0 Å². The first-order valence-corrected chi connectivity index (χ1v) is 7.28. The maximum absolute atomic E-state index is 11.5. The molecule has 2 saturated heterocycles. The molecule has 2 aliphatic rings. The van der Waals surface area contributed by atoms with Crippen LogP contribution < -0.4 is 11.1 Å². The molecule has 0 aromatic carbocycles. The van der Waals surface area contributed by atoms with Crippen LogP contribution in [0.3, 0.4) is 0 Å². The molecular formula is C14H27N3O. The highest BCUT2D eigenvalue weighted by atomic mass is 16.1. The van der Waals surface area contributed by atoms with Gasteiger partial charge in [0, 0.05) is 18.6 Å². The van der Waals surface area contributed by atoms with Crippen LogP contribution in [0.4, 0.5) is 0 Å². The summed E-state index contributed by atoms with van der Waals surface area (Å²) in [6, 6.07) is 1.20. The van der Waals surface area contributed by atoms with Gasteiger partial charge in [0.25, 0.3) is 0 Å². The largest absolute Gasteiger partial charge is 0.369 e. The molecule has 2 heterocycles. The maximum Gasteiger partial charge on any atom is 0.224 e. The Bertz CT molecular complexity index is 301. The van der Waals surface area contributed by atoms with Gasteiger partial charge in [0.2, 0.25) is 5.91 Å². The zero-order chi connectivity index (χ0) is 13.2. The van der Waals surface area contributed by atoms with E-state index in [9.17, 15) is 4.79 Å². The van der Waals surface area contributed by atoms with Crippen molar-refractivity contribution in [3.63, 3.8) is 0 Å². The third kappa shape index (κ3) is 3.04. The molecule has 0 aliphatic carbocycles. The first-order chi connectivity index (χ1) is 8.51. The van der Waals surface area contributed by atoms with Gasteiger partial charge in [-0.2, -0.15) is 0 Å². The predicted octanol–water partition coefficient (Wildman–Crippen LogP) is 1.10. The van der Waals surface area contributed by atoms with Gasteiger partial charge in [0.1, 0.15) is 0 Å². The number of hydrogen-bond acceptors (Lipinski definition) is 3. The number of piperidine rings is 1. The van der Waals surface area contributed by atoms with E-state index in [2.05, 4.69) is 17.1 Å². The average molecular weight is 253 g/mol. The summed E-state index contributed by atoms with van der Waals surface area (Å²) < 4.78 is 0. The van der Waals surface area contributed by atoms with Crippen molar-refractivity contribution in [1.29, 1.82) is 0 Å². The summed E-state index contributed by atoms with van der Waals surface area (Å²) in [6.07, 6.45) is 6.06. The van der Waals surface area contributed by atoms with Crippen LogP contribution in [0.15, 0.2) is 0 Å². The molecule has 0 aromatic rings. The minimum atomic E-state index is -0.311. The highest BCUT2D eigenvalue weighted by Crippen LogP contribution is 2.31. The fraction of sp³-hybridized carbons (Fsp3) is 0.929. The fourth-order valence-corrected chi connectivity index (χ4v) is 3.26. The molecule has 2 rings (SSSR count). The van der Waals surface area contributed by atoms with E-state index in [4.69, 9.17) is 5.73 Å². The minimum Gasteiger partial charge on any atom is -0.369 e. The first kappa shape index (κ1) is 13.8. The molecule has 0 spiro atoms. The van der Waals surface area contributed by atoms with E-state index in [1.165, 1.54) is 25.7 Å². The summed E-state index contributed by atoms with van der Waals surface area (Å²) in [4.78, 5) is 13.9. The van der Waals surface area contributed by atoms with Gasteiger partial charge >= 0.3 is 0 Å². The van der Waals surface area contributed by atoms with Gasteiger partial charge in [0.15, 0.2) is 0 Å². The topological polar surface area (TPSA) is 58.4 Å². The Morgan fingerprint density at radius 1 is 1.56 bits per heavy atom. The van der Waals surface area contributed by atoms with Crippen LogP contribution in [0, 0.1) is 5.41 Å². The van der Waals surface area contributed by atoms with E-state index in [0.29, 0.717) is 12.1 Å². The fourth-order valence-electron chi connectivity index (χ4n) is 3.26. The highest BCUT2D eigenvalue weighted by Gasteiger charge is 2.40. The number of rotatable bonds is 4. The third-order valence-corrected chi connectivity index (χ3v) is 4.76. The van der Waals surface area contributed by atoms with E-state index in [0.717, 1.165) is 26.1 Å². The molecule has 4 heteroatoms. The monoisotopic (exact) mass is 253 g/mol. The van der Waals surface area contributed by atoms with Gasteiger partial charge < -0.3 is 11.1 Å². The normalized spacial score (nSPS) is 35.6. The van der Waals surface area contributed by atoms with Crippen LogP contribution in [0.25, 0.3) is 0 Å². The average Bonchev–Trinajstić information content (AvgIpc) is 2.75. The van der Waals surface area contributed by atoms with Crippen molar-refractivity contribution in [2.24, 2.45) is 11.1 Å². The second-order valence-corrected chi connectivity index (χ2v) is 6.38. The van der Waals surface area contributed by atoms with Gasteiger partial charge in [-0.25, -0.2) is 0 Å². The summed E-state index contributed by atoms with van der Waals surface area (Å²) in [5, 5.41) is 3.60. The lowest BCUT2D eigenvalue weighted by atomic mass is 9.89.